The summed E-state index contributed by atoms with van der Waals surface area (Å²) in [5.74, 6) is 2.42. The topological polar surface area (TPSA) is 237 Å². The molecule has 1 aliphatic rings. The molecule has 1 aliphatic heterocycles. The van der Waals surface area contributed by atoms with Crippen LogP contribution in [-0.4, -0.2) is 69.0 Å². The molecule has 302 valence electrons. The Kier molecular flexibility index (Phi) is 10.6. The Hall–Kier alpha value is -5.47. The number of anilines is 2. The van der Waals surface area contributed by atoms with E-state index in [4.69, 9.17) is 29.8 Å². The second-order valence-corrected chi connectivity index (χ2v) is 16.8. The number of imidazole rings is 2. The van der Waals surface area contributed by atoms with Gasteiger partial charge in [0.25, 0.3) is 0 Å². The second-order valence-electron chi connectivity index (χ2n) is 15.7. The molecular formula is C40H48BIN12O4. The molecule has 1 fully saturated rings. The number of nitrogens with zero attached hydrogens (tertiary/aromatic N) is 6. The summed E-state index contributed by atoms with van der Waals surface area (Å²) in [5.41, 5.74) is 27.3. The van der Waals surface area contributed by atoms with Crippen LogP contribution in [-0.2, 0) is 9.31 Å². The average molecular weight is 899 g/mol. The summed E-state index contributed by atoms with van der Waals surface area (Å²) in [7, 11) is -0.316. The van der Waals surface area contributed by atoms with Gasteiger partial charge >= 0.3 is 7.12 Å². The van der Waals surface area contributed by atoms with E-state index in [0.29, 0.717) is 11.9 Å². The van der Waals surface area contributed by atoms with Gasteiger partial charge in [-0.25, -0.2) is 9.97 Å². The Labute approximate surface area is 349 Å². The molecule has 0 atom stereocenters. The van der Waals surface area contributed by atoms with Crippen LogP contribution in [0.1, 0.15) is 73.4 Å². The first kappa shape index (κ1) is 40.7. The molecule has 8 N–H and O–H groups in total. The number of nitrogen functional groups attached to an aromatic ring is 2. The molecule has 58 heavy (non-hydrogen) atoms. The van der Waals surface area contributed by atoms with Gasteiger partial charge in [-0.2, -0.15) is 10.2 Å². The first-order valence-electron chi connectivity index (χ1n) is 18.8. The van der Waals surface area contributed by atoms with Crippen LogP contribution in [0.15, 0.2) is 33.3 Å². The average Bonchev–Trinajstić information content (AvgIpc) is 4.00. The number of hydrogen-bond acceptors (Lipinski definition) is 12. The summed E-state index contributed by atoms with van der Waals surface area (Å²) >= 11 is 2.26. The van der Waals surface area contributed by atoms with E-state index in [9.17, 15) is 0 Å². The van der Waals surface area contributed by atoms with Crippen molar-refractivity contribution in [3.8, 4) is 33.4 Å². The smallest absolute Gasteiger partial charge is 0.399 e. The molecule has 1 saturated heterocycles. The molecule has 0 aliphatic carbocycles. The van der Waals surface area contributed by atoms with Crippen molar-refractivity contribution < 1.29 is 18.4 Å². The van der Waals surface area contributed by atoms with Gasteiger partial charge < -0.3 is 39.8 Å². The highest BCUT2D eigenvalue weighted by Crippen LogP contribution is 2.39. The lowest BCUT2D eigenvalue weighted by atomic mass is 9.77. The number of aromatic nitrogens is 10. The highest BCUT2D eigenvalue weighted by Gasteiger charge is 2.52. The fourth-order valence-corrected chi connectivity index (χ4v) is 8.06. The number of nitrogens with one attached hydrogen (secondary N) is 4. The Morgan fingerprint density at radius 2 is 1.09 bits per heavy atom. The normalized spacial score (nSPS) is 14.5. The standard InChI is InChI=1S/C17H18N6O.C12H11IN4O.C11H19BN2O2/c1-7-14(8(2)22-21-7)12-5-11(15-9(3)23-24-10(15)4)6-13-16(12)20-17(18)19-13;1-5-10(6(2)18-17-5)7-3-8(13)11-9(4-7)15-12(14)16-11;1-7-9(8(2)14-13-7)12-15-10(3,4)11(5,6)16-12/h5-6H,1-4H3,(H,21,22)(H3,18,19,20);3-4H,1-2H3,(H3,14,15,16);1-6H3,(H,13,14). The second kappa shape index (κ2) is 15.0. The Bertz CT molecular complexity index is 2710. The first-order chi connectivity index (χ1) is 27.3. The lowest BCUT2D eigenvalue weighted by molar-refractivity contribution is 0.00578. The number of halogens is 1. The van der Waals surface area contributed by atoms with Crippen molar-refractivity contribution in [1.82, 2.24) is 50.6 Å². The number of fused-ring (bicyclic) bond motifs is 2. The van der Waals surface area contributed by atoms with Gasteiger partial charge in [-0.3, -0.25) is 10.2 Å². The Morgan fingerprint density at radius 3 is 1.55 bits per heavy atom. The van der Waals surface area contributed by atoms with Gasteiger partial charge in [0.05, 0.1) is 50.5 Å². The number of benzene rings is 2. The molecule has 0 bridgehead atoms. The summed E-state index contributed by atoms with van der Waals surface area (Å²) in [6.45, 7) is 23.8. The monoisotopic (exact) mass is 898 g/mol. The molecule has 6 aromatic heterocycles. The van der Waals surface area contributed by atoms with E-state index in [-0.39, 0.29) is 18.3 Å². The van der Waals surface area contributed by atoms with Gasteiger partial charge in [0.2, 0.25) is 0 Å². The van der Waals surface area contributed by atoms with E-state index < -0.39 is 0 Å². The Morgan fingerprint density at radius 1 is 0.603 bits per heavy atom. The van der Waals surface area contributed by atoms with Crippen LogP contribution >= 0.6 is 22.6 Å². The SMILES string of the molecule is Cc1n[nH]c(C)c1-c1cc(-c2c(C)noc2C)cc2[nH]c(N)nc12.Cc1n[nH]c(C)c1B1OC(C)(C)C(C)(C)O1.Cc1noc(C)c1-c1cc(I)c2nc(N)[nH]c2c1. The van der Waals surface area contributed by atoms with Crippen LogP contribution in [0.3, 0.4) is 0 Å². The number of hydrogen-bond donors (Lipinski definition) is 6. The predicted molar refractivity (Wildman–Crippen MR) is 235 cm³/mol. The van der Waals surface area contributed by atoms with Crippen molar-refractivity contribution in [1.29, 1.82) is 0 Å². The van der Waals surface area contributed by atoms with E-state index in [0.717, 1.165) is 110 Å². The molecule has 16 nitrogen and oxygen atoms in total. The summed E-state index contributed by atoms with van der Waals surface area (Å²) in [4.78, 5) is 14.9. The van der Waals surface area contributed by atoms with Gasteiger partial charge in [0.15, 0.2) is 11.9 Å². The minimum atomic E-state index is -0.316. The molecule has 0 unspecified atom stereocenters. The minimum absolute atomic E-state index is 0.298. The predicted octanol–water partition coefficient (Wildman–Crippen LogP) is 7.77. The van der Waals surface area contributed by atoms with Crippen LogP contribution in [0.25, 0.3) is 55.4 Å². The lowest BCUT2D eigenvalue weighted by Crippen LogP contribution is -2.41. The third-order valence-electron chi connectivity index (χ3n) is 10.9. The zero-order valence-electron chi connectivity index (χ0n) is 34.7. The van der Waals surface area contributed by atoms with Gasteiger partial charge in [0, 0.05) is 42.7 Å². The zero-order chi connectivity index (χ0) is 42.0. The lowest BCUT2D eigenvalue weighted by Gasteiger charge is -2.32. The molecule has 0 amide bonds. The molecular weight excluding hydrogens is 850 g/mol. The van der Waals surface area contributed by atoms with Crippen LogP contribution in [0.5, 0.6) is 0 Å². The van der Waals surface area contributed by atoms with E-state index in [2.05, 4.69) is 113 Å². The van der Waals surface area contributed by atoms with Gasteiger partial charge in [-0.05, 0) is 141 Å². The van der Waals surface area contributed by atoms with Crippen LogP contribution in [0, 0.1) is 59.0 Å². The van der Waals surface area contributed by atoms with Crippen molar-refractivity contribution >= 4 is 69.1 Å². The molecule has 0 saturated carbocycles. The van der Waals surface area contributed by atoms with E-state index in [1.807, 2.05) is 67.5 Å². The molecule has 18 heteroatoms. The summed E-state index contributed by atoms with van der Waals surface area (Å²) in [5, 5.41) is 22.5. The van der Waals surface area contributed by atoms with Crippen molar-refractivity contribution in [2.24, 2.45) is 0 Å². The number of aromatic amines is 4. The van der Waals surface area contributed by atoms with Crippen LogP contribution in [0.2, 0.25) is 0 Å². The zero-order valence-corrected chi connectivity index (χ0v) is 36.9. The molecule has 9 rings (SSSR count). The highest BCUT2D eigenvalue weighted by atomic mass is 127. The molecule has 2 aromatic carbocycles. The summed E-state index contributed by atoms with van der Waals surface area (Å²) in [6.07, 6.45) is 0. The van der Waals surface area contributed by atoms with Crippen molar-refractivity contribution in [3.05, 3.63) is 73.5 Å². The van der Waals surface area contributed by atoms with Crippen molar-refractivity contribution in [3.63, 3.8) is 0 Å². The highest BCUT2D eigenvalue weighted by molar-refractivity contribution is 14.1. The van der Waals surface area contributed by atoms with Gasteiger partial charge in [-0.1, -0.05) is 10.3 Å². The van der Waals surface area contributed by atoms with E-state index in [1.54, 1.807) is 0 Å². The maximum Gasteiger partial charge on any atom is 0.498 e. The summed E-state index contributed by atoms with van der Waals surface area (Å²) < 4.78 is 23.6. The van der Waals surface area contributed by atoms with E-state index >= 15 is 0 Å². The van der Waals surface area contributed by atoms with Crippen molar-refractivity contribution in [2.75, 3.05) is 11.5 Å². The fourth-order valence-electron chi connectivity index (χ4n) is 7.32. The molecule has 7 heterocycles. The minimum Gasteiger partial charge on any atom is -0.399 e. The third kappa shape index (κ3) is 7.39. The van der Waals surface area contributed by atoms with Crippen LogP contribution < -0.4 is 16.9 Å². The number of nitrogens with two attached hydrogens (primary N) is 2. The largest absolute Gasteiger partial charge is 0.498 e. The maximum absolute atomic E-state index is 5.99. The maximum atomic E-state index is 5.99. The third-order valence-corrected chi connectivity index (χ3v) is 11.7. The number of rotatable bonds is 4. The number of aryl methyl sites for hydroxylation is 8. The quantitative estimate of drug-likeness (QED) is 0.0734. The first-order valence-corrected chi connectivity index (χ1v) is 19.8. The molecule has 0 radical (unpaired) electrons. The summed E-state index contributed by atoms with van der Waals surface area (Å²) in [6, 6.07) is 8.21. The fraction of sp³-hybridized carbons (Fsp3) is 0.350. The number of H-pyrrole nitrogens is 4. The van der Waals surface area contributed by atoms with E-state index in [1.165, 1.54) is 0 Å². The van der Waals surface area contributed by atoms with Crippen LogP contribution in [0.4, 0.5) is 11.9 Å². The molecule has 8 aromatic rings. The molecule has 0 spiro atoms. The van der Waals surface area contributed by atoms with Crippen molar-refractivity contribution in [2.45, 2.75) is 94.3 Å². The van der Waals surface area contributed by atoms with Gasteiger partial charge in [0.1, 0.15) is 17.0 Å². The Balaban J connectivity index is 0.000000136. The van der Waals surface area contributed by atoms with Gasteiger partial charge in [-0.15, -0.1) is 0 Å².